The molecule has 1 aromatic carbocycles. The lowest BCUT2D eigenvalue weighted by atomic mass is 9.70. The molecule has 3 N–H and O–H groups in total. The molecule has 2 aliphatic carbocycles. The fourth-order valence-electron chi connectivity index (χ4n) is 3.84. The number of nitrogens with zero attached hydrogens (tertiary/aromatic N) is 2. The lowest BCUT2D eigenvalue weighted by Crippen LogP contribution is -2.41. The van der Waals surface area contributed by atoms with Crippen LogP contribution in [-0.4, -0.2) is 38.7 Å². The Morgan fingerprint density at radius 3 is 2.65 bits per heavy atom. The molecule has 136 valence electrons. The van der Waals surface area contributed by atoms with Gasteiger partial charge < -0.3 is 10.4 Å². The minimum Gasteiger partial charge on any atom is -0.481 e. The Balaban J connectivity index is 1.23. The second kappa shape index (κ2) is 6.39. The molecule has 1 aromatic heterocycles. The van der Waals surface area contributed by atoms with E-state index in [1.165, 1.54) is 0 Å². The molecule has 0 saturated heterocycles. The first-order valence-corrected chi connectivity index (χ1v) is 9.02. The van der Waals surface area contributed by atoms with Crippen LogP contribution in [-0.2, 0) is 16.0 Å². The molecule has 0 radical (unpaired) electrons. The number of carboxylic acid groups (broad SMARTS) is 1. The summed E-state index contributed by atoms with van der Waals surface area (Å²) in [6.07, 6.45) is 2.66. The predicted octanol–water partition coefficient (Wildman–Crippen LogP) is 2.28. The van der Waals surface area contributed by atoms with Gasteiger partial charge in [-0.1, -0.05) is 11.6 Å². The SMILES string of the molecule is O=C(NCCc1nc(-c2ccc(Cl)cc2)n[nH]1)C1CC2(C1)CC2C(=O)O. The third kappa shape index (κ3) is 3.19. The molecule has 0 aliphatic heterocycles. The number of benzene rings is 1. The molecule has 2 aromatic rings. The average Bonchev–Trinajstić information content (AvgIpc) is 3.19. The summed E-state index contributed by atoms with van der Waals surface area (Å²) >= 11 is 5.87. The van der Waals surface area contributed by atoms with E-state index < -0.39 is 5.97 Å². The Morgan fingerprint density at radius 1 is 1.27 bits per heavy atom. The van der Waals surface area contributed by atoms with Crippen molar-refractivity contribution >= 4 is 23.5 Å². The van der Waals surface area contributed by atoms with Crippen LogP contribution < -0.4 is 5.32 Å². The molecule has 1 spiro atoms. The van der Waals surface area contributed by atoms with Gasteiger partial charge in [-0.25, -0.2) is 4.98 Å². The fourth-order valence-corrected chi connectivity index (χ4v) is 3.96. The Hall–Kier alpha value is -2.41. The van der Waals surface area contributed by atoms with Gasteiger partial charge in [0.2, 0.25) is 5.91 Å². The van der Waals surface area contributed by atoms with Gasteiger partial charge in [0.15, 0.2) is 5.82 Å². The van der Waals surface area contributed by atoms with Crippen LogP contribution in [0.5, 0.6) is 0 Å². The molecule has 2 fully saturated rings. The molecule has 1 amide bonds. The lowest BCUT2D eigenvalue weighted by Gasteiger charge is -2.35. The molecule has 1 atom stereocenters. The zero-order valence-electron chi connectivity index (χ0n) is 14.0. The third-order valence-corrected chi connectivity index (χ3v) is 5.71. The first-order valence-electron chi connectivity index (χ1n) is 8.65. The molecule has 1 heterocycles. The van der Waals surface area contributed by atoms with Crippen molar-refractivity contribution in [2.75, 3.05) is 6.54 Å². The summed E-state index contributed by atoms with van der Waals surface area (Å²) < 4.78 is 0. The van der Waals surface area contributed by atoms with Gasteiger partial charge in [0.1, 0.15) is 5.82 Å². The average molecular weight is 375 g/mol. The number of carbonyl (C=O) groups is 2. The van der Waals surface area contributed by atoms with E-state index in [0.717, 1.165) is 12.0 Å². The van der Waals surface area contributed by atoms with Gasteiger partial charge in [-0.05, 0) is 48.9 Å². The summed E-state index contributed by atoms with van der Waals surface area (Å²) in [6, 6.07) is 7.28. The van der Waals surface area contributed by atoms with Crippen LogP contribution in [0.3, 0.4) is 0 Å². The van der Waals surface area contributed by atoms with Crippen molar-refractivity contribution in [2.24, 2.45) is 17.3 Å². The molecule has 0 bridgehead atoms. The Kier molecular flexibility index (Phi) is 4.19. The maximum atomic E-state index is 12.1. The first kappa shape index (κ1) is 17.0. The number of halogens is 1. The van der Waals surface area contributed by atoms with Gasteiger partial charge >= 0.3 is 5.97 Å². The topological polar surface area (TPSA) is 108 Å². The van der Waals surface area contributed by atoms with Crippen LogP contribution >= 0.6 is 11.6 Å². The lowest BCUT2D eigenvalue weighted by molar-refractivity contribution is -0.142. The van der Waals surface area contributed by atoms with Crippen molar-refractivity contribution < 1.29 is 14.7 Å². The summed E-state index contributed by atoms with van der Waals surface area (Å²) in [4.78, 5) is 27.5. The minimum atomic E-state index is -0.731. The van der Waals surface area contributed by atoms with E-state index in [2.05, 4.69) is 20.5 Å². The Labute approximate surface area is 155 Å². The number of aromatic nitrogens is 3. The summed E-state index contributed by atoms with van der Waals surface area (Å²) in [6.45, 7) is 0.472. The normalized spacial score (nSPS) is 26.3. The number of carboxylic acids is 1. The summed E-state index contributed by atoms with van der Waals surface area (Å²) in [5.41, 5.74) is 0.782. The number of hydrogen-bond acceptors (Lipinski definition) is 4. The van der Waals surface area contributed by atoms with Gasteiger partial charge in [-0.3, -0.25) is 14.7 Å². The van der Waals surface area contributed by atoms with Crippen LogP contribution in [0.25, 0.3) is 11.4 Å². The third-order valence-electron chi connectivity index (χ3n) is 5.46. The Morgan fingerprint density at radius 2 is 2.00 bits per heavy atom. The number of hydrogen-bond donors (Lipinski definition) is 3. The molecule has 26 heavy (non-hydrogen) atoms. The van der Waals surface area contributed by atoms with Crippen LogP contribution in [0, 0.1) is 17.3 Å². The zero-order chi connectivity index (χ0) is 18.3. The number of amides is 1. The van der Waals surface area contributed by atoms with Crippen LogP contribution in [0.15, 0.2) is 24.3 Å². The molecule has 8 heteroatoms. The second-order valence-electron chi connectivity index (χ2n) is 7.22. The maximum absolute atomic E-state index is 12.1. The van der Waals surface area contributed by atoms with Gasteiger partial charge in [0.05, 0.1) is 5.92 Å². The van der Waals surface area contributed by atoms with E-state index >= 15 is 0 Å². The van der Waals surface area contributed by atoms with E-state index in [4.69, 9.17) is 16.7 Å². The number of nitrogens with one attached hydrogen (secondary N) is 2. The first-order chi connectivity index (χ1) is 12.5. The smallest absolute Gasteiger partial charge is 0.307 e. The van der Waals surface area contributed by atoms with Crippen LogP contribution in [0.4, 0.5) is 0 Å². The van der Waals surface area contributed by atoms with E-state index in [1.807, 2.05) is 12.1 Å². The van der Waals surface area contributed by atoms with Gasteiger partial charge in [0, 0.05) is 29.5 Å². The number of carbonyl (C=O) groups excluding carboxylic acids is 1. The van der Waals surface area contributed by atoms with Gasteiger partial charge in [-0.2, -0.15) is 5.10 Å². The molecular weight excluding hydrogens is 356 g/mol. The quantitative estimate of drug-likeness (QED) is 0.718. The minimum absolute atomic E-state index is 0.00380. The van der Waals surface area contributed by atoms with Crippen molar-refractivity contribution in [2.45, 2.75) is 25.7 Å². The van der Waals surface area contributed by atoms with Crippen LogP contribution in [0.2, 0.25) is 5.02 Å². The maximum Gasteiger partial charge on any atom is 0.307 e. The number of aromatic amines is 1. The zero-order valence-corrected chi connectivity index (χ0v) is 14.8. The number of rotatable bonds is 6. The molecule has 2 saturated carbocycles. The van der Waals surface area contributed by atoms with E-state index in [9.17, 15) is 9.59 Å². The summed E-state index contributed by atoms with van der Waals surface area (Å²) in [7, 11) is 0. The standard InChI is InChI=1S/C18H19ClN4O3/c19-12-3-1-10(2-4-12)15-21-14(22-23-15)5-6-20-16(24)11-7-18(8-11)9-13(18)17(25)26/h1-4,11,13H,5-9H2,(H,20,24)(H,25,26)(H,21,22,23). The van der Waals surface area contributed by atoms with Crippen molar-refractivity contribution in [3.05, 3.63) is 35.1 Å². The van der Waals surface area contributed by atoms with Gasteiger partial charge in [0.25, 0.3) is 0 Å². The van der Waals surface area contributed by atoms with E-state index in [0.29, 0.717) is 42.5 Å². The highest BCUT2D eigenvalue weighted by atomic mass is 35.5. The highest BCUT2D eigenvalue weighted by Gasteiger charge is 2.65. The van der Waals surface area contributed by atoms with Crippen molar-refractivity contribution in [3.8, 4) is 11.4 Å². The molecule has 2 aliphatic rings. The Bertz CT molecular complexity index is 842. The fraction of sp³-hybridized carbons (Fsp3) is 0.444. The monoisotopic (exact) mass is 374 g/mol. The largest absolute Gasteiger partial charge is 0.481 e. The van der Waals surface area contributed by atoms with E-state index in [-0.39, 0.29) is 23.2 Å². The highest BCUT2D eigenvalue weighted by molar-refractivity contribution is 6.30. The van der Waals surface area contributed by atoms with Crippen molar-refractivity contribution in [1.82, 2.24) is 20.5 Å². The second-order valence-corrected chi connectivity index (χ2v) is 7.65. The predicted molar refractivity (Wildman–Crippen MR) is 94.4 cm³/mol. The van der Waals surface area contributed by atoms with Crippen molar-refractivity contribution in [1.29, 1.82) is 0 Å². The summed E-state index contributed by atoms with van der Waals surface area (Å²) in [5, 5.41) is 19.6. The molecule has 7 nitrogen and oxygen atoms in total. The van der Waals surface area contributed by atoms with Crippen LogP contribution in [0.1, 0.15) is 25.1 Å². The summed E-state index contributed by atoms with van der Waals surface area (Å²) in [5.74, 6) is 0.270. The highest BCUT2D eigenvalue weighted by Crippen LogP contribution is 2.67. The van der Waals surface area contributed by atoms with Gasteiger partial charge in [-0.15, -0.1) is 0 Å². The number of aliphatic carboxylic acids is 1. The van der Waals surface area contributed by atoms with Crippen molar-refractivity contribution in [3.63, 3.8) is 0 Å². The van der Waals surface area contributed by atoms with E-state index in [1.54, 1.807) is 12.1 Å². The molecular formula is C18H19ClN4O3. The molecule has 1 unspecified atom stereocenters. The number of H-pyrrole nitrogens is 1. The molecule has 4 rings (SSSR count).